The molecule has 1 unspecified atom stereocenters. The summed E-state index contributed by atoms with van der Waals surface area (Å²) in [6.45, 7) is 5.64. The summed E-state index contributed by atoms with van der Waals surface area (Å²) in [5, 5.41) is 6.12. The van der Waals surface area contributed by atoms with Crippen LogP contribution >= 0.6 is 0 Å². The van der Waals surface area contributed by atoms with Gasteiger partial charge in [0, 0.05) is 17.9 Å². The Morgan fingerprint density at radius 1 is 1.15 bits per heavy atom. The van der Waals surface area contributed by atoms with E-state index in [2.05, 4.69) is 41.6 Å². The minimum absolute atomic E-state index is 0.124. The van der Waals surface area contributed by atoms with Gasteiger partial charge in [-0.2, -0.15) is 0 Å². The van der Waals surface area contributed by atoms with E-state index < -0.39 is 0 Å². The highest BCUT2D eigenvalue weighted by Gasteiger charge is 2.16. The lowest BCUT2D eigenvalue weighted by Gasteiger charge is -2.14. The second kappa shape index (κ2) is 9.33. The smallest absolute Gasteiger partial charge is 0.257 e. The number of nitrogens with one attached hydrogen (secondary N) is 2. The van der Waals surface area contributed by atoms with Crippen molar-refractivity contribution in [2.45, 2.75) is 38.7 Å². The fourth-order valence-corrected chi connectivity index (χ4v) is 2.95. The number of benzene rings is 2. The van der Waals surface area contributed by atoms with Crippen LogP contribution in [-0.2, 0) is 4.74 Å². The number of rotatable bonds is 5. The summed E-state index contributed by atoms with van der Waals surface area (Å²) in [6.07, 6.45) is 2.20. The SMILES string of the molecule is CC(C)c1ccc(NC(=NCC2CCCO2)NC(=O)c2ccccc2)cc1. The topological polar surface area (TPSA) is 62.7 Å². The van der Waals surface area contributed by atoms with E-state index in [1.165, 1.54) is 5.56 Å². The van der Waals surface area contributed by atoms with Crippen LogP contribution in [-0.4, -0.2) is 31.1 Å². The van der Waals surface area contributed by atoms with E-state index in [-0.39, 0.29) is 12.0 Å². The minimum Gasteiger partial charge on any atom is -0.376 e. The summed E-state index contributed by atoms with van der Waals surface area (Å²) in [7, 11) is 0. The van der Waals surface area contributed by atoms with Crippen molar-refractivity contribution < 1.29 is 9.53 Å². The fourth-order valence-electron chi connectivity index (χ4n) is 2.95. The summed E-state index contributed by atoms with van der Waals surface area (Å²) in [4.78, 5) is 17.1. The molecule has 2 aromatic carbocycles. The Labute approximate surface area is 160 Å². The molecule has 3 rings (SSSR count). The van der Waals surface area contributed by atoms with Crippen LogP contribution in [0.1, 0.15) is 48.5 Å². The molecule has 1 amide bonds. The van der Waals surface area contributed by atoms with Crippen LogP contribution < -0.4 is 10.6 Å². The van der Waals surface area contributed by atoms with Gasteiger partial charge in [0.1, 0.15) is 0 Å². The molecule has 2 aromatic rings. The van der Waals surface area contributed by atoms with Crippen molar-refractivity contribution in [2.75, 3.05) is 18.5 Å². The molecule has 1 saturated heterocycles. The molecule has 0 radical (unpaired) electrons. The molecule has 0 spiro atoms. The molecular weight excluding hydrogens is 338 g/mol. The van der Waals surface area contributed by atoms with Gasteiger partial charge >= 0.3 is 0 Å². The van der Waals surface area contributed by atoms with Crippen molar-refractivity contribution in [3.63, 3.8) is 0 Å². The summed E-state index contributed by atoms with van der Waals surface area (Å²) >= 11 is 0. The zero-order valence-corrected chi connectivity index (χ0v) is 15.9. The first-order valence-corrected chi connectivity index (χ1v) is 9.51. The number of nitrogens with zero attached hydrogens (tertiary/aromatic N) is 1. The van der Waals surface area contributed by atoms with Gasteiger partial charge in [-0.25, -0.2) is 4.99 Å². The van der Waals surface area contributed by atoms with Crippen LogP contribution in [0.4, 0.5) is 5.69 Å². The first kappa shape index (κ1) is 19.1. The van der Waals surface area contributed by atoms with Gasteiger partial charge in [0.15, 0.2) is 0 Å². The molecule has 5 nitrogen and oxygen atoms in total. The van der Waals surface area contributed by atoms with E-state index in [1.807, 2.05) is 30.3 Å². The number of amides is 1. The Morgan fingerprint density at radius 3 is 2.52 bits per heavy atom. The number of ether oxygens (including phenoxy) is 1. The summed E-state index contributed by atoms with van der Waals surface area (Å²) in [5.41, 5.74) is 2.75. The van der Waals surface area contributed by atoms with Crippen molar-refractivity contribution >= 4 is 17.6 Å². The van der Waals surface area contributed by atoms with E-state index in [1.54, 1.807) is 12.1 Å². The van der Waals surface area contributed by atoms with Crippen molar-refractivity contribution in [3.05, 3.63) is 65.7 Å². The van der Waals surface area contributed by atoms with Crippen LogP contribution in [0.15, 0.2) is 59.6 Å². The highest BCUT2D eigenvalue weighted by Crippen LogP contribution is 2.17. The molecular formula is C22H27N3O2. The standard InChI is InChI=1S/C22H27N3O2/c1-16(2)17-10-12-19(13-11-17)24-22(23-15-20-9-6-14-27-20)25-21(26)18-7-4-3-5-8-18/h3-5,7-8,10-13,16,20H,6,9,14-15H2,1-2H3,(H2,23,24,25,26). The summed E-state index contributed by atoms with van der Waals surface area (Å²) in [6, 6.07) is 17.3. The van der Waals surface area contributed by atoms with Crippen molar-refractivity contribution in [2.24, 2.45) is 4.99 Å². The lowest BCUT2D eigenvalue weighted by molar-refractivity contribution is 0.0975. The Kier molecular flexibility index (Phi) is 6.60. The minimum atomic E-state index is -0.187. The zero-order chi connectivity index (χ0) is 19.1. The van der Waals surface area contributed by atoms with Crippen LogP contribution in [0.3, 0.4) is 0 Å². The number of carbonyl (C=O) groups is 1. The quantitative estimate of drug-likeness (QED) is 0.617. The molecule has 1 aliphatic heterocycles. The van der Waals surface area contributed by atoms with Gasteiger partial charge in [-0.1, -0.05) is 44.2 Å². The van der Waals surface area contributed by atoms with Crippen LogP contribution in [0.5, 0.6) is 0 Å². The Morgan fingerprint density at radius 2 is 1.89 bits per heavy atom. The normalized spacial score (nSPS) is 17.1. The number of anilines is 1. The van der Waals surface area contributed by atoms with Gasteiger partial charge in [-0.05, 0) is 48.6 Å². The van der Waals surface area contributed by atoms with E-state index >= 15 is 0 Å². The largest absolute Gasteiger partial charge is 0.376 e. The van der Waals surface area contributed by atoms with E-state index in [9.17, 15) is 4.79 Å². The second-order valence-corrected chi connectivity index (χ2v) is 7.05. The van der Waals surface area contributed by atoms with E-state index in [0.717, 1.165) is 25.1 Å². The molecule has 5 heteroatoms. The summed E-state index contributed by atoms with van der Waals surface area (Å²) in [5.74, 6) is 0.731. The molecule has 1 heterocycles. The Balaban J connectivity index is 1.72. The number of guanidine groups is 1. The molecule has 1 atom stereocenters. The third-order valence-corrected chi connectivity index (χ3v) is 4.59. The predicted molar refractivity (Wildman–Crippen MR) is 109 cm³/mol. The highest BCUT2D eigenvalue weighted by atomic mass is 16.5. The zero-order valence-electron chi connectivity index (χ0n) is 15.9. The van der Waals surface area contributed by atoms with Gasteiger partial charge in [-0.3, -0.25) is 10.1 Å². The summed E-state index contributed by atoms with van der Waals surface area (Å²) < 4.78 is 5.64. The lowest BCUT2D eigenvalue weighted by Crippen LogP contribution is -2.36. The Hall–Kier alpha value is -2.66. The second-order valence-electron chi connectivity index (χ2n) is 7.05. The van der Waals surface area contributed by atoms with E-state index in [0.29, 0.717) is 24.0 Å². The third kappa shape index (κ3) is 5.66. The molecule has 1 aliphatic rings. The fraction of sp³-hybridized carbons (Fsp3) is 0.364. The van der Waals surface area contributed by atoms with Gasteiger partial charge in [0.25, 0.3) is 5.91 Å². The first-order chi connectivity index (χ1) is 13.1. The van der Waals surface area contributed by atoms with Crippen LogP contribution in [0.25, 0.3) is 0 Å². The van der Waals surface area contributed by atoms with Crippen LogP contribution in [0.2, 0.25) is 0 Å². The number of hydrogen-bond donors (Lipinski definition) is 2. The number of carbonyl (C=O) groups excluding carboxylic acids is 1. The molecule has 1 fully saturated rings. The molecule has 0 aromatic heterocycles. The first-order valence-electron chi connectivity index (χ1n) is 9.51. The third-order valence-electron chi connectivity index (χ3n) is 4.59. The van der Waals surface area contributed by atoms with Gasteiger partial charge in [-0.15, -0.1) is 0 Å². The maximum atomic E-state index is 12.5. The predicted octanol–water partition coefficient (Wildman–Crippen LogP) is 4.19. The molecule has 0 saturated carbocycles. The van der Waals surface area contributed by atoms with E-state index in [4.69, 9.17) is 4.74 Å². The number of aliphatic imine (C=N–C) groups is 1. The number of hydrogen-bond acceptors (Lipinski definition) is 3. The molecule has 27 heavy (non-hydrogen) atoms. The molecule has 0 aliphatic carbocycles. The van der Waals surface area contributed by atoms with Crippen molar-refractivity contribution in [1.29, 1.82) is 0 Å². The van der Waals surface area contributed by atoms with Gasteiger partial charge in [0.2, 0.25) is 5.96 Å². The maximum Gasteiger partial charge on any atom is 0.257 e. The Bertz CT molecular complexity index is 764. The average Bonchev–Trinajstić information content (AvgIpc) is 3.21. The monoisotopic (exact) mass is 365 g/mol. The molecule has 2 N–H and O–H groups in total. The average molecular weight is 365 g/mol. The van der Waals surface area contributed by atoms with Gasteiger partial charge < -0.3 is 10.1 Å². The maximum absolute atomic E-state index is 12.5. The van der Waals surface area contributed by atoms with Crippen molar-refractivity contribution in [1.82, 2.24) is 5.32 Å². The van der Waals surface area contributed by atoms with Crippen LogP contribution in [0, 0.1) is 0 Å². The van der Waals surface area contributed by atoms with Gasteiger partial charge in [0.05, 0.1) is 12.6 Å². The lowest BCUT2D eigenvalue weighted by atomic mass is 10.0. The molecule has 0 bridgehead atoms. The molecule has 142 valence electrons. The van der Waals surface area contributed by atoms with Crippen molar-refractivity contribution in [3.8, 4) is 0 Å². The highest BCUT2D eigenvalue weighted by molar-refractivity contribution is 6.09.